The molecule has 160 valence electrons. The number of rotatable bonds is 7. The SMILES string of the molecule is COc1ccc(C(=O)Nc2ccc3c(c2)CCC(=O)N3CC(C)C)c(OC)c1OC. The van der Waals surface area contributed by atoms with Gasteiger partial charge in [0.05, 0.1) is 26.9 Å². The number of hydrogen-bond acceptors (Lipinski definition) is 5. The predicted octanol–water partition coefficient (Wildman–Crippen LogP) is 3.90. The number of amides is 2. The highest BCUT2D eigenvalue weighted by Crippen LogP contribution is 2.40. The van der Waals surface area contributed by atoms with Crippen LogP contribution in [0.15, 0.2) is 30.3 Å². The average molecular weight is 412 g/mol. The highest BCUT2D eigenvalue weighted by molar-refractivity contribution is 6.07. The fourth-order valence-corrected chi connectivity index (χ4v) is 3.68. The van der Waals surface area contributed by atoms with Crippen LogP contribution in [0.3, 0.4) is 0 Å². The van der Waals surface area contributed by atoms with Gasteiger partial charge in [-0.2, -0.15) is 0 Å². The number of aryl methyl sites for hydroxylation is 1. The summed E-state index contributed by atoms with van der Waals surface area (Å²) in [7, 11) is 4.50. The van der Waals surface area contributed by atoms with Crippen LogP contribution in [0.4, 0.5) is 11.4 Å². The van der Waals surface area contributed by atoms with Crippen LogP contribution in [0.25, 0.3) is 0 Å². The predicted molar refractivity (Wildman–Crippen MR) is 116 cm³/mol. The molecule has 0 saturated carbocycles. The summed E-state index contributed by atoms with van der Waals surface area (Å²) in [6.07, 6.45) is 1.13. The number of hydrogen-bond donors (Lipinski definition) is 1. The largest absolute Gasteiger partial charge is 0.493 e. The van der Waals surface area contributed by atoms with Gasteiger partial charge in [-0.1, -0.05) is 13.8 Å². The van der Waals surface area contributed by atoms with Gasteiger partial charge in [-0.05, 0) is 48.2 Å². The lowest BCUT2D eigenvalue weighted by atomic mass is 9.99. The molecular formula is C23H28N2O5. The average Bonchev–Trinajstić information content (AvgIpc) is 2.74. The van der Waals surface area contributed by atoms with Gasteiger partial charge in [0.2, 0.25) is 11.7 Å². The lowest BCUT2D eigenvalue weighted by molar-refractivity contribution is -0.119. The number of carbonyl (C=O) groups excluding carboxylic acids is 2. The maximum Gasteiger partial charge on any atom is 0.259 e. The van der Waals surface area contributed by atoms with E-state index in [2.05, 4.69) is 19.2 Å². The molecule has 0 radical (unpaired) electrons. The molecule has 1 aliphatic heterocycles. The van der Waals surface area contributed by atoms with Crippen molar-refractivity contribution in [2.24, 2.45) is 5.92 Å². The number of benzene rings is 2. The first-order chi connectivity index (χ1) is 14.4. The van der Waals surface area contributed by atoms with Crippen LogP contribution in [0.5, 0.6) is 17.2 Å². The van der Waals surface area contributed by atoms with Gasteiger partial charge in [-0.25, -0.2) is 0 Å². The summed E-state index contributed by atoms with van der Waals surface area (Å²) in [4.78, 5) is 27.1. The Morgan fingerprint density at radius 1 is 1.03 bits per heavy atom. The lowest BCUT2D eigenvalue weighted by Crippen LogP contribution is -2.37. The number of nitrogens with one attached hydrogen (secondary N) is 1. The standard InChI is InChI=1S/C23H28N2O5/c1-14(2)13-25-18-9-7-16(12-15(18)6-11-20(25)26)24-23(27)17-8-10-19(28-3)22(30-5)21(17)29-4/h7-10,12,14H,6,11,13H2,1-5H3,(H,24,27). The Labute approximate surface area is 176 Å². The summed E-state index contributed by atoms with van der Waals surface area (Å²) in [5, 5.41) is 2.92. The molecule has 0 aliphatic carbocycles. The van der Waals surface area contributed by atoms with Crippen molar-refractivity contribution in [3.8, 4) is 17.2 Å². The molecule has 1 aliphatic rings. The van der Waals surface area contributed by atoms with Gasteiger partial charge in [0.15, 0.2) is 11.5 Å². The number of methoxy groups -OCH3 is 3. The van der Waals surface area contributed by atoms with Crippen LogP contribution in [0, 0.1) is 5.92 Å². The van der Waals surface area contributed by atoms with Crippen molar-refractivity contribution in [1.82, 2.24) is 0 Å². The minimum Gasteiger partial charge on any atom is -0.493 e. The Bertz CT molecular complexity index is 955. The van der Waals surface area contributed by atoms with Crippen molar-refractivity contribution in [3.63, 3.8) is 0 Å². The first-order valence-corrected chi connectivity index (χ1v) is 9.93. The van der Waals surface area contributed by atoms with Crippen LogP contribution in [-0.4, -0.2) is 39.7 Å². The summed E-state index contributed by atoms with van der Waals surface area (Å²) in [6, 6.07) is 8.95. The second-order valence-corrected chi connectivity index (χ2v) is 7.58. The number of fused-ring (bicyclic) bond motifs is 1. The van der Waals surface area contributed by atoms with Crippen molar-refractivity contribution in [3.05, 3.63) is 41.5 Å². The van der Waals surface area contributed by atoms with Crippen molar-refractivity contribution in [1.29, 1.82) is 0 Å². The topological polar surface area (TPSA) is 77.1 Å². The zero-order valence-electron chi connectivity index (χ0n) is 18.1. The Kier molecular flexibility index (Phi) is 6.50. The summed E-state index contributed by atoms with van der Waals surface area (Å²) in [5.74, 6) is 1.34. The normalized spacial score (nSPS) is 13.1. The Morgan fingerprint density at radius 2 is 1.77 bits per heavy atom. The van der Waals surface area contributed by atoms with E-state index in [1.807, 2.05) is 23.1 Å². The van der Waals surface area contributed by atoms with Gasteiger partial charge in [0.1, 0.15) is 0 Å². The molecule has 7 heteroatoms. The molecule has 0 saturated heterocycles. The molecule has 30 heavy (non-hydrogen) atoms. The Morgan fingerprint density at radius 3 is 2.40 bits per heavy atom. The fraction of sp³-hybridized carbons (Fsp3) is 0.391. The number of nitrogens with zero attached hydrogens (tertiary/aromatic N) is 1. The van der Waals surface area contributed by atoms with Crippen molar-refractivity contribution in [2.75, 3.05) is 38.1 Å². The van der Waals surface area contributed by atoms with Gasteiger partial charge in [0.25, 0.3) is 5.91 Å². The number of ether oxygens (including phenoxy) is 3. The molecule has 7 nitrogen and oxygen atoms in total. The van der Waals surface area contributed by atoms with Crippen LogP contribution < -0.4 is 24.4 Å². The van der Waals surface area contributed by atoms with Crippen LogP contribution in [0.1, 0.15) is 36.2 Å². The molecule has 0 fully saturated rings. The molecule has 2 aromatic carbocycles. The zero-order chi connectivity index (χ0) is 21.8. The molecule has 0 atom stereocenters. The minimum atomic E-state index is -0.321. The second-order valence-electron chi connectivity index (χ2n) is 7.58. The summed E-state index contributed by atoms with van der Waals surface area (Å²) in [6.45, 7) is 4.86. The minimum absolute atomic E-state index is 0.142. The third-order valence-corrected chi connectivity index (χ3v) is 5.03. The summed E-state index contributed by atoms with van der Waals surface area (Å²) >= 11 is 0. The third-order valence-electron chi connectivity index (χ3n) is 5.03. The quantitative estimate of drug-likeness (QED) is 0.746. The number of carbonyl (C=O) groups is 2. The fourth-order valence-electron chi connectivity index (χ4n) is 3.68. The van der Waals surface area contributed by atoms with Crippen LogP contribution >= 0.6 is 0 Å². The molecule has 3 rings (SSSR count). The second kappa shape index (κ2) is 9.07. The molecule has 1 N–H and O–H groups in total. The van der Waals surface area contributed by atoms with Crippen LogP contribution in [-0.2, 0) is 11.2 Å². The maximum absolute atomic E-state index is 12.9. The van der Waals surface area contributed by atoms with E-state index < -0.39 is 0 Å². The van der Waals surface area contributed by atoms with E-state index in [9.17, 15) is 9.59 Å². The van der Waals surface area contributed by atoms with E-state index in [4.69, 9.17) is 14.2 Å². The van der Waals surface area contributed by atoms with Gasteiger partial charge in [-0.3, -0.25) is 9.59 Å². The zero-order valence-corrected chi connectivity index (χ0v) is 18.1. The molecule has 2 aromatic rings. The van der Waals surface area contributed by atoms with Crippen molar-refractivity contribution < 1.29 is 23.8 Å². The van der Waals surface area contributed by atoms with Gasteiger partial charge in [-0.15, -0.1) is 0 Å². The van der Waals surface area contributed by atoms with Crippen LogP contribution in [0.2, 0.25) is 0 Å². The molecule has 2 amide bonds. The highest BCUT2D eigenvalue weighted by atomic mass is 16.5. The smallest absolute Gasteiger partial charge is 0.259 e. The first kappa shape index (κ1) is 21.5. The number of anilines is 2. The van der Waals surface area contributed by atoms with E-state index >= 15 is 0 Å². The maximum atomic E-state index is 12.9. The lowest BCUT2D eigenvalue weighted by Gasteiger charge is -2.31. The first-order valence-electron chi connectivity index (χ1n) is 9.93. The van der Waals surface area contributed by atoms with E-state index in [-0.39, 0.29) is 11.8 Å². The molecule has 0 bridgehead atoms. The van der Waals surface area contributed by atoms with E-state index in [0.717, 1.165) is 11.3 Å². The van der Waals surface area contributed by atoms with E-state index in [0.29, 0.717) is 53.8 Å². The summed E-state index contributed by atoms with van der Waals surface area (Å²) in [5.41, 5.74) is 2.97. The summed E-state index contributed by atoms with van der Waals surface area (Å²) < 4.78 is 16.0. The molecule has 0 spiro atoms. The van der Waals surface area contributed by atoms with Gasteiger partial charge >= 0.3 is 0 Å². The Hall–Kier alpha value is -3.22. The van der Waals surface area contributed by atoms with Crippen molar-refractivity contribution in [2.45, 2.75) is 26.7 Å². The van der Waals surface area contributed by atoms with E-state index in [1.54, 1.807) is 12.1 Å². The van der Waals surface area contributed by atoms with Gasteiger partial charge in [0, 0.05) is 24.3 Å². The molecule has 0 unspecified atom stereocenters. The van der Waals surface area contributed by atoms with Crippen molar-refractivity contribution >= 4 is 23.2 Å². The Balaban J connectivity index is 1.88. The van der Waals surface area contributed by atoms with E-state index in [1.165, 1.54) is 21.3 Å². The monoisotopic (exact) mass is 412 g/mol. The third kappa shape index (κ3) is 4.20. The molecule has 0 aromatic heterocycles. The van der Waals surface area contributed by atoms with Gasteiger partial charge < -0.3 is 24.4 Å². The highest BCUT2D eigenvalue weighted by Gasteiger charge is 2.25. The molecule has 1 heterocycles. The molecular weight excluding hydrogens is 384 g/mol.